The Balaban J connectivity index is 2.29. The first-order chi connectivity index (χ1) is 11.5. The van der Waals surface area contributed by atoms with Gasteiger partial charge in [0.15, 0.2) is 6.19 Å². The maximum absolute atomic E-state index is 12.5. The first-order valence-corrected chi connectivity index (χ1v) is 9.65. The molecule has 126 valence electrons. The molecule has 6 nitrogen and oxygen atoms in total. The molecule has 0 saturated carbocycles. The average Bonchev–Trinajstić information content (AvgIpc) is 3.11. The Morgan fingerprint density at radius 2 is 2.00 bits per heavy atom. The van der Waals surface area contributed by atoms with Gasteiger partial charge in [-0.05, 0) is 30.4 Å². The number of sulfonamides is 1. The van der Waals surface area contributed by atoms with E-state index in [0.29, 0.717) is 0 Å². The first kappa shape index (κ1) is 18.1. The monoisotopic (exact) mass is 363 g/mol. The fourth-order valence-electron chi connectivity index (χ4n) is 2.15. The number of hydrogen-bond acceptors (Lipinski definition) is 5. The lowest BCUT2D eigenvalue weighted by Gasteiger charge is -2.21. The summed E-state index contributed by atoms with van der Waals surface area (Å²) in [5.74, 6) is -0.566. The molecule has 1 unspecified atom stereocenters. The van der Waals surface area contributed by atoms with Gasteiger partial charge in [-0.2, -0.15) is 9.98 Å². The van der Waals surface area contributed by atoms with E-state index >= 15 is 0 Å². The number of likely N-dealkylation sites (N-methyl/N-ethyl adjacent to an activating group) is 1. The summed E-state index contributed by atoms with van der Waals surface area (Å²) in [7, 11) is -3.82. The molecule has 0 radical (unpaired) electrons. The number of nitrogens with one attached hydrogen (secondary N) is 1. The van der Waals surface area contributed by atoms with Crippen LogP contribution >= 0.6 is 11.3 Å². The topological polar surface area (TPSA) is 90.3 Å². The predicted molar refractivity (Wildman–Crippen MR) is 91.6 cm³/mol. The molecule has 0 spiro atoms. The van der Waals surface area contributed by atoms with E-state index in [2.05, 4.69) is 4.72 Å². The summed E-state index contributed by atoms with van der Waals surface area (Å²) >= 11 is 1.07. The summed E-state index contributed by atoms with van der Waals surface area (Å²) in [5.41, 5.74) is 0.804. The summed E-state index contributed by atoms with van der Waals surface area (Å²) in [4.78, 5) is 13.5. The maximum atomic E-state index is 12.5. The summed E-state index contributed by atoms with van der Waals surface area (Å²) in [6.45, 7) is 1.84. The number of benzene rings is 1. The quantitative estimate of drug-likeness (QED) is 0.601. The number of amides is 1. The van der Waals surface area contributed by atoms with Crippen LogP contribution in [0.5, 0.6) is 0 Å². The summed E-state index contributed by atoms with van der Waals surface area (Å²) < 4.78 is 27.5. The fourth-order valence-corrected chi connectivity index (χ4v) is 4.35. The molecule has 0 aliphatic rings. The van der Waals surface area contributed by atoms with Crippen molar-refractivity contribution in [3.8, 4) is 6.19 Å². The highest BCUT2D eigenvalue weighted by Crippen LogP contribution is 2.17. The van der Waals surface area contributed by atoms with Crippen LogP contribution in [0.2, 0.25) is 0 Å². The zero-order valence-electron chi connectivity index (χ0n) is 13.0. The standard InChI is InChI=1S/C16H17N3O3S2/c1-2-19(12-17)16(20)14(11-13-7-4-3-5-8-13)18-24(21,22)15-9-6-10-23-15/h3-10,14,18H,2,11H2,1H3. The van der Waals surface area contributed by atoms with Gasteiger partial charge in [-0.15, -0.1) is 11.3 Å². The lowest BCUT2D eigenvalue weighted by Crippen LogP contribution is -2.48. The number of thiophene rings is 1. The van der Waals surface area contributed by atoms with Crippen LogP contribution in [0, 0.1) is 11.5 Å². The van der Waals surface area contributed by atoms with E-state index in [0.717, 1.165) is 21.8 Å². The third kappa shape index (κ3) is 4.41. The number of nitrogens with zero attached hydrogens (tertiary/aromatic N) is 2. The van der Waals surface area contributed by atoms with E-state index in [1.54, 1.807) is 24.6 Å². The van der Waals surface area contributed by atoms with Crippen LogP contribution in [0.25, 0.3) is 0 Å². The molecule has 1 aromatic heterocycles. The van der Waals surface area contributed by atoms with Crippen molar-refractivity contribution >= 4 is 27.3 Å². The number of hydrogen-bond donors (Lipinski definition) is 1. The Bertz CT molecular complexity index is 812. The zero-order chi connectivity index (χ0) is 17.6. The van der Waals surface area contributed by atoms with Gasteiger partial charge in [0, 0.05) is 6.54 Å². The van der Waals surface area contributed by atoms with Crippen LogP contribution in [-0.2, 0) is 21.2 Å². The van der Waals surface area contributed by atoms with Crippen LogP contribution in [0.15, 0.2) is 52.1 Å². The first-order valence-electron chi connectivity index (χ1n) is 7.28. The molecule has 0 aliphatic carbocycles. The molecule has 1 heterocycles. The third-order valence-electron chi connectivity index (χ3n) is 3.34. The van der Waals surface area contributed by atoms with Crippen LogP contribution < -0.4 is 4.72 Å². The van der Waals surface area contributed by atoms with Gasteiger partial charge >= 0.3 is 0 Å². The van der Waals surface area contributed by atoms with Gasteiger partial charge in [0.1, 0.15) is 10.3 Å². The molecule has 0 fully saturated rings. The smallest absolute Gasteiger partial charge is 0.254 e. The zero-order valence-corrected chi connectivity index (χ0v) is 14.7. The third-order valence-corrected chi connectivity index (χ3v) is 6.21. The van der Waals surface area contributed by atoms with E-state index in [9.17, 15) is 13.2 Å². The van der Waals surface area contributed by atoms with Gasteiger partial charge in [-0.1, -0.05) is 36.4 Å². The molecule has 1 N–H and O–H groups in total. The van der Waals surface area contributed by atoms with Crippen LogP contribution in [0.3, 0.4) is 0 Å². The highest BCUT2D eigenvalue weighted by atomic mass is 32.2. The fraction of sp³-hybridized carbons (Fsp3) is 0.250. The Hall–Kier alpha value is -2.21. The van der Waals surface area contributed by atoms with E-state index < -0.39 is 22.0 Å². The Morgan fingerprint density at radius 3 is 2.54 bits per heavy atom. The second-order valence-corrected chi connectivity index (χ2v) is 7.87. The van der Waals surface area contributed by atoms with Crippen molar-refractivity contribution in [2.75, 3.05) is 6.54 Å². The van der Waals surface area contributed by atoms with E-state index in [-0.39, 0.29) is 17.2 Å². The minimum Gasteiger partial charge on any atom is -0.272 e. The molecule has 0 bridgehead atoms. The summed E-state index contributed by atoms with van der Waals surface area (Å²) in [5, 5.41) is 10.7. The molecule has 0 saturated heterocycles. The van der Waals surface area contributed by atoms with Crippen molar-refractivity contribution in [2.45, 2.75) is 23.6 Å². The molecule has 24 heavy (non-hydrogen) atoms. The van der Waals surface area contributed by atoms with Crippen molar-refractivity contribution < 1.29 is 13.2 Å². The van der Waals surface area contributed by atoms with Gasteiger partial charge in [-0.25, -0.2) is 13.3 Å². The number of nitriles is 1. The van der Waals surface area contributed by atoms with Crippen molar-refractivity contribution in [1.29, 1.82) is 5.26 Å². The van der Waals surface area contributed by atoms with Gasteiger partial charge in [-0.3, -0.25) is 4.79 Å². The molecule has 2 aromatic rings. The van der Waals surface area contributed by atoms with Crippen LogP contribution in [-0.4, -0.2) is 31.8 Å². The molecule has 1 aromatic carbocycles. The maximum Gasteiger partial charge on any atom is 0.254 e. The van der Waals surface area contributed by atoms with E-state index in [1.807, 2.05) is 30.3 Å². The largest absolute Gasteiger partial charge is 0.272 e. The lowest BCUT2D eigenvalue weighted by molar-refractivity contribution is -0.129. The second kappa shape index (κ2) is 8.06. The number of carbonyl (C=O) groups excluding carboxylic acids is 1. The van der Waals surface area contributed by atoms with Crippen molar-refractivity contribution in [2.24, 2.45) is 0 Å². The normalized spacial score (nSPS) is 12.3. The van der Waals surface area contributed by atoms with Crippen molar-refractivity contribution in [1.82, 2.24) is 9.62 Å². The molecule has 1 amide bonds. The Labute approximate surface area is 145 Å². The Kier molecular flexibility index (Phi) is 6.09. The van der Waals surface area contributed by atoms with E-state index in [4.69, 9.17) is 5.26 Å². The average molecular weight is 363 g/mol. The molecule has 0 aliphatic heterocycles. The van der Waals surface area contributed by atoms with Gasteiger partial charge in [0.05, 0.1) is 0 Å². The van der Waals surface area contributed by atoms with Gasteiger partial charge in [0.25, 0.3) is 15.9 Å². The molecule has 2 rings (SSSR count). The summed E-state index contributed by atoms with van der Waals surface area (Å²) in [6.07, 6.45) is 1.96. The molecule has 1 atom stereocenters. The molecule has 8 heteroatoms. The molecular weight excluding hydrogens is 346 g/mol. The van der Waals surface area contributed by atoms with Crippen molar-refractivity contribution in [3.63, 3.8) is 0 Å². The minimum atomic E-state index is -3.82. The van der Waals surface area contributed by atoms with Crippen LogP contribution in [0.1, 0.15) is 12.5 Å². The number of rotatable bonds is 7. The second-order valence-electron chi connectivity index (χ2n) is 4.98. The van der Waals surface area contributed by atoms with Crippen LogP contribution in [0.4, 0.5) is 0 Å². The van der Waals surface area contributed by atoms with Crippen molar-refractivity contribution in [3.05, 3.63) is 53.4 Å². The summed E-state index contributed by atoms with van der Waals surface area (Å²) in [6, 6.07) is 11.1. The SMILES string of the molecule is CCN(C#N)C(=O)C(Cc1ccccc1)NS(=O)(=O)c1cccs1. The van der Waals surface area contributed by atoms with Gasteiger partial charge < -0.3 is 0 Å². The predicted octanol–water partition coefficient (Wildman–Crippen LogP) is 1.97. The Morgan fingerprint density at radius 1 is 1.29 bits per heavy atom. The highest BCUT2D eigenvalue weighted by Gasteiger charge is 2.29. The lowest BCUT2D eigenvalue weighted by atomic mass is 10.1. The van der Waals surface area contributed by atoms with Gasteiger partial charge in [0.2, 0.25) is 0 Å². The minimum absolute atomic E-state index is 0.133. The number of carbonyl (C=O) groups is 1. The molecular formula is C16H17N3O3S2. The highest BCUT2D eigenvalue weighted by molar-refractivity contribution is 7.91. The van der Waals surface area contributed by atoms with E-state index in [1.165, 1.54) is 6.07 Å².